The molecule has 1 aliphatic carbocycles. The topological polar surface area (TPSA) is 53.1 Å². The molecule has 0 spiro atoms. The summed E-state index contributed by atoms with van der Waals surface area (Å²) in [5.74, 6) is 5.20. The summed E-state index contributed by atoms with van der Waals surface area (Å²) < 4.78 is 1.98. The third kappa shape index (κ3) is 1.87. The van der Waals surface area contributed by atoms with Crippen molar-refractivity contribution in [2.45, 2.75) is 44.4 Å². The zero-order chi connectivity index (χ0) is 12.0. The van der Waals surface area contributed by atoms with Crippen molar-refractivity contribution in [2.75, 3.05) is 6.61 Å². The van der Waals surface area contributed by atoms with E-state index in [4.69, 9.17) is 10.7 Å². The number of nitrogens with two attached hydrogens (primary N) is 1. The second kappa shape index (κ2) is 3.57. The summed E-state index contributed by atoms with van der Waals surface area (Å²) in [7, 11) is 2.00. The molecule has 1 heterocycles. The molecular weight excluding hydrogens is 202 g/mol. The molecule has 1 aromatic heterocycles. The van der Waals surface area contributed by atoms with Gasteiger partial charge in [-0.1, -0.05) is 20.8 Å². The molecule has 0 unspecified atom stereocenters. The van der Waals surface area contributed by atoms with E-state index in [-0.39, 0.29) is 10.8 Å². The molecule has 0 saturated heterocycles. The lowest BCUT2D eigenvalue weighted by molar-refractivity contribution is 0.114. The second-order valence-electron chi connectivity index (χ2n) is 5.88. The normalized spacial score (nSPS) is 18.8. The molecule has 1 aromatic rings. The Morgan fingerprint density at radius 1 is 1.50 bits per heavy atom. The van der Waals surface area contributed by atoms with Crippen LogP contribution in [0, 0.1) is 0 Å². The quantitative estimate of drug-likeness (QED) is 0.793. The molecule has 0 bridgehead atoms. The first-order valence-corrected chi connectivity index (χ1v) is 5.76. The van der Waals surface area contributed by atoms with E-state index in [1.165, 1.54) is 5.69 Å². The average molecular weight is 223 g/mol. The highest BCUT2D eigenvalue weighted by Gasteiger charge is 2.47. The predicted molar refractivity (Wildman–Crippen MR) is 63.0 cm³/mol. The number of hydrogen-bond acceptors (Lipinski definition) is 3. The highest BCUT2D eigenvalue weighted by atomic mass is 16.6. The summed E-state index contributed by atoms with van der Waals surface area (Å²) in [6.07, 6.45) is 2.29. The molecule has 2 N–H and O–H groups in total. The van der Waals surface area contributed by atoms with Gasteiger partial charge in [-0.2, -0.15) is 5.10 Å². The molecular formula is C12H21N3O. The van der Waals surface area contributed by atoms with Gasteiger partial charge in [0.25, 0.3) is 0 Å². The molecule has 1 saturated carbocycles. The van der Waals surface area contributed by atoms with Crippen LogP contribution in [0.2, 0.25) is 0 Å². The van der Waals surface area contributed by atoms with E-state index in [9.17, 15) is 0 Å². The maximum atomic E-state index is 5.20. The van der Waals surface area contributed by atoms with Gasteiger partial charge in [-0.3, -0.25) is 4.68 Å². The zero-order valence-electron chi connectivity index (χ0n) is 10.6. The summed E-state index contributed by atoms with van der Waals surface area (Å²) in [6, 6.07) is 2.20. The van der Waals surface area contributed by atoms with E-state index in [0.29, 0.717) is 6.61 Å². The molecule has 4 heteroatoms. The Morgan fingerprint density at radius 2 is 2.12 bits per heavy atom. The van der Waals surface area contributed by atoms with Crippen LogP contribution in [0.5, 0.6) is 0 Å². The predicted octanol–water partition coefficient (Wildman–Crippen LogP) is 1.64. The van der Waals surface area contributed by atoms with Gasteiger partial charge >= 0.3 is 0 Å². The fourth-order valence-corrected chi connectivity index (χ4v) is 2.11. The maximum Gasteiger partial charge on any atom is 0.0790 e. The Hall–Kier alpha value is -0.870. The van der Waals surface area contributed by atoms with Crippen LogP contribution in [0.4, 0.5) is 0 Å². The third-order valence-electron chi connectivity index (χ3n) is 3.40. The Morgan fingerprint density at radius 3 is 2.50 bits per heavy atom. The maximum absolute atomic E-state index is 5.20. The van der Waals surface area contributed by atoms with E-state index < -0.39 is 0 Å². The van der Waals surface area contributed by atoms with Crippen molar-refractivity contribution in [3.05, 3.63) is 17.5 Å². The van der Waals surface area contributed by atoms with Crippen LogP contribution in [-0.4, -0.2) is 16.4 Å². The van der Waals surface area contributed by atoms with Crippen LogP contribution in [0.15, 0.2) is 6.07 Å². The van der Waals surface area contributed by atoms with Gasteiger partial charge in [-0.25, -0.2) is 5.90 Å². The summed E-state index contributed by atoms with van der Waals surface area (Å²) in [5.41, 5.74) is 2.60. The van der Waals surface area contributed by atoms with Crippen molar-refractivity contribution in [2.24, 2.45) is 12.9 Å². The van der Waals surface area contributed by atoms with E-state index in [1.54, 1.807) is 0 Å². The summed E-state index contributed by atoms with van der Waals surface area (Å²) >= 11 is 0. The van der Waals surface area contributed by atoms with Gasteiger partial charge in [-0.15, -0.1) is 0 Å². The summed E-state index contributed by atoms with van der Waals surface area (Å²) in [6.45, 7) is 7.13. The van der Waals surface area contributed by atoms with E-state index in [0.717, 1.165) is 18.5 Å². The smallest absolute Gasteiger partial charge is 0.0790 e. The lowest BCUT2D eigenvalue weighted by atomic mass is 9.91. The van der Waals surface area contributed by atoms with Crippen LogP contribution in [0.25, 0.3) is 0 Å². The molecule has 4 nitrogen and oxygen atoms in total. The Labute approximate surface area is 96.7 Å². The monoisotopic (exact) mass is 223 g/mol. The first-order chi connectivity index (χ1) is 7.39. The average Bonchev–Trinajstić information content (AvgIpc) is 2.81. The van der Waals surface area contributed by atoms with Crippen LogP contribution < -0.4 is 5.90 Å². The van der Waals surface area contributed by atoms with Crippen molar-refractivity contribution in [3.8, 4) is 0 Å². The highest BCUT2D eigenvalue weighted by Crippen LogP contribution is 2.48. The standard InChI is InChI=1S/C12H21N3O/c1-11(2,3)9-7-10(15(4)14-9)12(5-6-12)8-16-13/h7H,5-6,8,13H2,1-4H3. The molecule has 1 fully saturated rings. The van der Waals surface area contributed by atoms with Crippen LogP contribution in [0.1, 0.15) is 45.0 Å². The second-order valence-corrected chi connectivity index (χ2v) is 5.88. The molecule has 0 amide bonds. The number of aromatic nitrogens is 2. The Kier molecular flexibility index (Phi) is 2.59. The molecule has 0 radical (unpaired) electrons. The molecule has 1 aliphatic rings. The highest BCUT2D eigenvalue weighted by molar-refractivity contribution is 5.29. The van der Waals surface area contributed by atoms with Gasteiger partial charge in [-0.05, 0) is 18.9 Å². The van der Waals surface area contributed by atoms with Crippen molar-refractivity contribution in [1.82, 2.24) is 9.78 Å². The van der Waals surface area contributed by atoms with Crippen molar-refractivity contribution in [3.63, 3.8) is 0 Å². The molecule has 0 aliphatic heterocycles. The van der Waals surface area contributed by atoms with E-state index >= 15 is 0 Å². The Balaban J connectivity index is 2.33. The minimum atomic E-state index is 0.0929. The van der Waals surface area contributed by atoms with E-state index in [1.807, 2.05) is 11.7 Å². The van der Waals surface area contributed by atoms with E-state index in [2.05, 4.69) is 31.9 Å². The van der Waals surface area contributed by atoms with Crippen molar-refractivity contribution in [1.29, 1.82) is 0 Å². The van der Waals surface area contributed by atoms with Crippen LogP contribution in [0.3, 0.4) is 0 Å². The zero-order valence-corrected chi connectivity index (χ0v) is 10.6. The third-order valence-corrected chi connectivity index (χ3v) is 3.40. The molecule has 0 atom stereocenters. The van der Waals surface area contributed by atoms with Gasteiger partial charge < -0.3 is 4.84 Å². The van der Waals surface area contributed by atoms with Crippen LogP contribution in [-0.2, 0) is 22.7 Å². The molecule has 90 valence electrons. The summed E-state index contributed by atoms with van der Waals surface area (Å²) in [5, 5.41) is 4.59. The lowest BCUT2D eigenvalue weighted by Gasteiger charge is -2.14. The molecule has 2 rings (SSSR count). The fourth-order valence-electron chi connectivity index (χ4n) is 2.11. The van der Waals surface area contributed by atoms with Crippen molar-refractivity contribution < 1.29 is 4.84 Å². The fraction of sp³-hybridized carbons (Fsp3) is 0.750. The first kappa shape index (κ1) is 11.6. The van der Waals surface area contributed by atoms with Gasteiger partial charge in [0, 0.05) is 23.6 Å². The minimum absolute atomic E-state index is 0.0929. The Bertz CT molecular complexity index is 385. The van der Waals surface area contributed by atoms with Gasteiger partial charge in [0.1, 0.15) is 0 Å². The largest absolute Gasteiger partial charge is 0.304 e. The van der Waals surface area contributed by atoms with Gasteiger partial charge in [0.2, 0.25) is 0 Å². The lowest BCUT2D eigenvalue weighted by Crippen LogP contribution is -2.21. The molecule has 0 aromatic carbocycles. The number of nitrogens with zero attached hydrogens (tertiary/aromatic N) is 2. The number of hydrogen-bond donors (Lipinski definition) is 1. The molecule has 16 heavy (non-hydrogen) atoms. The first-order valence-electron chi connectivity index (χ1n) is 5.76. The summed E-state index contributed by atoms with van der Waals surface area (Å²) in [4.78, 5) is 4.83. The number of aryl methyl sites for hydroxylation is 1. The van der Waals surface area contributed by atoms with Crippen molar-refractivity contribution >= 4 is 0 Å². The minimum Gasteiger partial charge on any atom is -0.304 e. The van der Waals surface area contributed by atoms with Gasteiger partial charge in [0.05, 0.1) is 12.3 Å². The number of rotatable bonds is 3. The van der Waals surface area contributed by atoms with Gasteiger partial charge in [0.15, 0.2) is 0 Å². The van der Waals surface area contributed by atoms with Crippen LogP contribution >= 0.6 is 0 Å². The SMILES string of the molecule is Cn1nc(C(C)(C)C)cc1C1(CON)CC1.